The van der Waals surface area contributed by atoms with E-state index in [-0.39, 0.29) is 0 Å². The van der Waals surface area contributed by atoms with E-state index in [0.717, 1.165) is 11.5 Å². The van der Waals surface area contributed by atoms with Crippen LogP contribution < -0.4 is 5.32 Å². The van der Waals surface area contributed by atoms with Crippen LogP contribution in [0.5, 0.6) is 0 Å². The molecule has 2 aliphatic carbocycles. The first-order valence-electron chi connectivity index (χ1n) is 9.58. The molecule has 0 saturated heterocycles. The molecule has 0 aliphatic heterocycles. The molecule has 0 bridgehead atoms. The van der Waals surface area contributed by atoms with E-state index in [1.54, 1.807) is 0 Å². The molecular weight excluding hydrogens is 242 g/mol. The van der Waals surface area contributed by atoms with Gasteiger partial charge in [-0.25, -0.2) is 0 Å². The molecule has 0 aromatic carbocycles. The Labute approximate surface area is 127 Å². The van der Waals surface area contributed by atoms with Gasteiger partial charge in [0.15, 0.2) is 0 Å². The summed E-state index contributed by atoms with van der Waals surface area (Å²) in [7, 11) is 0. The van der Waals surface area contributed by atoms with Gasteiger partial charge in [0, 0.05) is 12.6 Å². The zero-order valence-corrected chi connectivity index (χ0v) is 13.9. The van der Waals surface area contributed by atoms with Gasteiger partial charge < -0.3 is 5.32 Å². The van der Waals surface area contributed by atoms with E-state index in [1.807, 2.05) is 0 Å². The Bertz CT molecular complexity index is 232. The number of nitrogens with one attached hydrogen (secondary N) is 1. The zero-order chi connectivity index (χ0) is 14.1. The van der Waals surface area contributed by atoms with Crippen molar-refractivity contribution in [3.05, 3.63) is 0 Å². The fourth-order valence-corrected chi connectivity index (χ4v) is 3.95. The van der Waals surface area contributed by atoms with E-state index in [1.165, 1.54) is 103 Å². The van der Waals surface area contributed by atoms with Crippen LogP contribution in [0.2, 0.25) is 0 Å². The maximum absolute atomic E-state index is 3.96. The van der Waals surface area contributed by atoms with Gasteiger partial charge in [-0.15, -0.1) is 0 Å². The Hall–Kier alpha value is -0.0400. The van der Waals surface area contributed by atoms with E-state index in [9.17, 15) is 0 Å². The average molecular weight is 280 g/mol. The molecule has 118 valence electrons. The van der Waals surface area contributed by atoms with Gasteiger partial charge in [0.2, 0.25) is 0 Å². The minimum absolute atomic E-state index is 0.721. The zero-order valence-electron chi connectivity index (χ0n) is 13.9. The molecule has 0 aromatic heterocycles. The predicted molar refractivity (Wildman–Crippen MR) is 89.2 cm³/mol. The molecular formula is C19H37N. The molecule has 0 atom stereocenters. The second-order valence-corrected chi connectivity index (χ2v) is 7.59. The van der Waals surface area contributed by atoms with Gasteiger partial charge in [-0.1, -0.05) is 71.1 Å². The Balaban J connectivity index is 1.68. The molecule has 2 saturated carbocycles. The highest BCUT2D eigenvalue weighted by Gasteiger charge is 2.41. The first-order valence-corrected chi connectivity index (χ1v) is 9.58. The summed E-state index contributed by atoms with van der Waals surface area (Å²) in [6.07, 6.45) is 21.9. The summed E-state index contributed by atoms with van der Waals surface area (Å²) in [4.78, 5) is 0. The summed E-state index contributed by atoms with van der Waals surface area (Å²) in [5.74, 6) is 0. The minimum atomic E-state index is 0.721. The SMILES string of the molecule is CCCC1(CNC2CCCCCCCCCCC2)CC1. The van der Waals surface area contributed by atoms with Crippen LogP contribution in [0.3, 0.4) is 0 Å². The molecule has 1 heteroatoms. The van der Waals surface area contributed by atoms with Crippen LogP contribution in [0, 0.1) is 5.41 Å². The van der Waals surface area contributed by atoms with Crippen LogP contribution in [0.15, 0.2) is 0 Å². The standard InChI is InChI=1S/C19H37N/c1-2-14-19(15-16-19)17-20-18-12-10-8-6-4-3-5-7-9-11-13-18/h18,20H,2-17H2,1H3. The molecule has 2 fully saturated rings. The molecule has 0 spiro atoms. The van der Waals surface area contributed by atoms with Crippen molar-refractivity contribution in [1.82, 2.24) is 5.32 Å². The van der Waals surface area contributed by atoms with E-state index < -0.39 is 0 Å². The molecule has 20 heavy (non-hydrogen) atoms. The van der Waals surface area contributed by atoms with Crippen molar-refractivity contribution in [1.29, 1.82) is 0 Å². The lowest BCUT2D eigenvalue weighted by molar-refractivity contribution is 0.347. The van der Waals surface area contributed by atoms with Crippen LogP contribution in [-0.2, 0) is 0 Å². The number of hydrogen-bond acceptors (Lipinski definition) is 1. The van der Waals surface area contributed by atoms with E-state index in [2.05, 4.69) is 12.2 Å². The maximum atomic E-state index is 3.96. The fraction of sp³-hybridized carbons (Fsp3) is 1.00. The molecule has 2 rings (SSSR count). The maximum Gasteiger partial charge on any atom is 0.00672 e. The molecule has 0 amide bonds. The lowest BCUT2D eigenvalue weighted by atomic mass is 9.96. The second-order valence-electron chi connectivity index (χ2n) is 7.59. The Morgan fingerprint density at radius 2 is 1.30 bits per heavy atom. The molecule has 2 aliphatic rings. The van der Waals surface area contributed by atoms with Crippen molar-refractivity contribution < 1.29 is 0 Å². The number of rotatable bonds is 5. The summed E-state index contributed by atoms with van der Waals surface area (Å²) in [6, 6.07) is 0.823. The fourth-order valence-electron chi connectivity index (χ4n) is 3.95. The normalized spacial score (nSPS) is 25.6. The number of hydrogen-bond donors (Lipinski definition) is 1. The molecule has 0 heterocycles. The minimum Gasteiger partial charge on any atom is -0.313 e. The van der Waals surface area contributed by atoms with Gasteiger partial charge in [-0.2, -0.15) is 0 Å². The first kappa shape index (κ1) is 16.3. The molecule has 1 nitrogen and oxygen atoms in total. The van der Waals surface area contributed by atoms with Crippen molar-refractivity contribution in [3.63, 3.8) is 0 Å². The third-order valence-corrected chi connectivity index (χ3v) is 5.61. The van der Waals surface area contributed by atoms with Gasteiger partial charge >= 0.3 is 0 Å². The van der Waals surface area contributed by atoms with Crippen molar-refractivity contribution in [2.45, 2.75) is 109 Å². The molecule has 0 radical (unpaired) electrons. The van der Waals surface area contributed by atoms with E-state index >= 15 is 0 Å². The van der Waals surface area contributed by atoms with E-state index in [4.69, 9.17) is 0 Å². The lowest BCUT2D eigenvalue weighted by Crippen LogP contribution is -2.34. The van der Waals surface area contributed by atoms with Crippen LogP contribution in [0.4, 0.5) is 0 Å². The van der Waals surface area contributed by atoms with Crippen LogP contribution in [0.1, 0.15) is 103 Å². The summed E-state index contributed by atoms with van der Waals surface area (Å²) in [5.41, 5.74) is 0.721. The van der Waals surface area contributed by atoms with E-state index in [0.29, 0.717) is 0 Å². The van der Waals surface area contributed by atoms with Gasteiger partial charge in [-0.05, 0) is 37.5 Å². The van der Waals surface area contributed by atoms with Crippen molar-refractivity contribution in [3.8, 4) is 0 Å². The van der Waals surface area contributed by atoms with Crippen molar-refractivity contribution in [2.24, 2.45) is 5.41 Å². The van der Waals surface area contributed by atoms with Crippen molar-refractivity contribution >= 4 is 0 Å². The smallest absolute Gasteiger partial charge is 0.00672 e. The molecule has 1 N–H and O–H groups in total. The highest BCUT2D eigenvalue weighted by molar-refractivity contribution is 4.95. The Morgan fingerprint density at radius 1 is 0.800 bits per heavy atom. The topological polar surface area (TPSA) is 12.0 Å². The van der Waals surface area contributed by atoms with Gasteiger partial charge in [-0.3, -0.25) is 0 Å². The molecule has 0 unspecified atom stereocenters. The van der Waals surface area contributed by atoms with Gasteiger partial charge in [0.05, 0.1) is 0 Å². The Morgan fingerprint density at radius 3 is 1.75 bits per heavy atom. The first-order chi connectivity index (χ1) is 9.85. The summed E-state index contributed by atoms with van der Waals surface area (Å²) < 4.78 is 0. The van der Waals surface area contributed by atoms with Gasteiger partial charge in [0.25, 0.3) is 0 Å². The van der Waals surface area contributed by atoms with Gasteiger partial charge in [0.1, 0.15) is 0 Å². The monoisotopic (exact) mass is 279 g/mol. The Kier molecular flexibility index (Phi) is 7.41. The third-order valence-electron chi connectivity index (χ3n) is 5.61. The summed E-state index contributed by atoms with van der Waals surface area (Å²) in [6.45, 7) is 3.65. The van der Waals surface area contributed by atoms with Crippen LogP contribution in [0.25, 0.3) is 0 Å². The third kappa shape index (κ3) is 6.16. The lowest BCUT2D eigenvalue weighted by Gasteiger charge is -2.23. The average Bonchev–Trinajstić information content (AvgIpc) is 3.19. The molecule has 0 aromatic rings. The summed E-state index contributed by atoms with van der Waals surface area (Å²) in [5, 5.41) is 3.96. The highest BCUT2D eigenvalue weighted by atomic mass is 14.9. The van der Waals surface area contributed by atoms with Crippen LogP contribution in [-0.4, -0.2) is 12.6 Å². The second kappa shape index (κ2) is 9.07. The van der Waals surface area contributed by atoms with Crippen molar-refractivity contribution in [2.75, 3.05) is 6.54 Å². The summed E-state index contributed by atoms with van der Waals surface area (Å²) >= 11 is 0. The predicted octanol–water partition coefficient (Wildman–Crippen LogP) is 5.83. The highest BCUT2D eigenvalue weighted by Crippen LogP contribution is 2.49. The quantitative estimate of drug-likeness (QED) is 0.667. The largest absolute Gasteiger partial charge is 0.313 e. The van der Waals surface area contributed by atoms with Crippen LogP contribution >= 0.6 is 0 Å².